The molecule has 0 heterocycles. The summed E-state index contributed by atoms with van der Waals surface area (Å²) >= 11 is 5.82. The number of nitrogens with two attached hydrogens (primary N) is 1. The third-order valence-corrected chi connectivity index (χ3v) is 5.14. The van der Waals surface area contributed by atoms with Gasteiger partial charge < -0.3 is 15.8 Å². The minimum Gasteiger partial charge on any atom is -0.484 e. The number of fused-ring (bicyclic) bond motifs is 2. The van der Waals surface area contributed by atoms with Gasteiger partial charge in [-0.25, -0.2) is 0 Å². The first-order chi connectivity index (χ1) is 10.6. The average Bonchev–Trinajstić information content (AvgIpc) is 2.48. The highest BCUT2D eigenvalue weighted by Gasteiger charge is 2.39. The standard InChI is InChI=1S/C17H23ClN2O2/c18-13-4-6-15(7-5-13)22-10-16(21)20-17-11-2-1-3-12(17)9-14(19)8-11/h4-7,11-12,14,17H,1-3,8-10,19H2,(H,20,21). The number of hydrogen-bond acceptors (Lipinski definition) is 3. The van der Waals surface area contributed by atoms with Gasteiger partial charge in [-0.15, -0.1) is 0 Å². The van der Waals surface area contributed by atoms with Crippen LogP contribution < -0.4 is 15.8 Å². The van der Waals surface area contributed by atoms with Gasteiger partial charge in [-0.1, -0.05) is 18.0 Å². The lowest BCUT2D eigenvalue weighted by molar-refractivity contribution is -0.125. The van der Waals surface area contributed by atoms with Gasteiger partial charge in [-0.2, -0.15) is 0 Å². The topological polar surface area (TPSA) is 64.3 Å². The van der Waals surface area contributed by atoms with Crippen LogP contribution >= 0.6 is 11.6 Å². The highest BCUT2D eigenvalue weighted by atomic mass is 35.5. The molecule has 3 rings (SSSR count). The zero-order valence-electron chi connectivity index (χ0n) is 12.6. The zero-order chi connectivity index (χ0) is 15.5. The number of benzene rings is 1. The predicted molar refractivity (Wildman–Crippen MR) is 86.9 cm³/mol. The van der Waals surface area contributed by atoms with E-state index in [1.807, 2.05) is 0 Å². The number of halogens is 1. The van der Waals surface area contributed by atoms with Gasteiger partial charge in [0.25, 0.3) is 5.91 Å². The number of ether oxygens (including phenoxy) is 1. The van der Waals surface area contributed by atoms with Crippen LogP contribution in [0.4, 0.5) is 0 Å². The van der Waals surface area contributed by atoms with Gasteiger partial charge in [0.2, 0.25) is 0 Å². The molecule has 22 heavy (non-hydrogen) atoms. The van der Waals surface area contributed by atoms with Crippen LogP contribution in [0.15, 0.2) is 24.3 Å². The van der Waals surface area contributed by atoms with Crippen LogP contribution in [0.1, 0.15) is 32.1 Å². The summed E-state index contributed by atoms with van der Waals surface area (Å²) in [5, 5.41) is 3.83. The molecule has 0 aromatic heterocycles. The van der Waals surface area contributed by atoms with Crippen molar-refractivity contribution in [2.75, 3.05) is 6.61 Å². The van der Waals surface area contributed by atoms with Crippen molar-refractivity contribution in [2.24, 2.45) is 17.6 Å². The SMILES string of the molecule is NC1CC2CCCC(C1)C2NC(=O)COc1ccc(Cl)cc1. The van der Waals surface area contributed by atoms with Crippen LogP contribution in [0.5, 0.6) is 5.75 Å². The fourth-order valence-corrected chi connectivity index (χ4v) is 4.06. The van der Waals surface area contributed by atoms with Crippen LogP contribution in [0.25, 0.3) is 0 Å². The van der Waals surface area contributed by atoms with Crippen molar-refractivity contribution in [2.45, 2.75) is 44.2 Å². The van der Waals surface area contributed by atoms with Crippen molar-refractivity contribution in [3.63, 3.8) is 0 Å². The molecular formula is C17H23ClN2O2. The van der Waals surface area contributed by atoms with Gasteiger partial charge in [-0.05, 0) is 61.8 Å². The highest BCUT2D eigenvalue weighted by molar-refractivity contribution is 6.30. The maximum atomic E-state index is 12.2. The second-order valence-corrected chi connectivity index (χ2v) is 6.95. The molecule has 5 heteroatoms. The Hall–Kier alpha value is -1.26. The Morgan fingerprint density at radius 1 is 1.23 bits per heavy atom. The summed E-state index contributed by atoms with van der Waals surface area (Å²) in [4.78, 5) is 12.2. The van der Waals surface area contributed by atoms with E-state index in [1.165, 1.54) is 19.3 Å². The molecule has 2 aliphatic rings. The van der Waals surface area contributed by atoms with Gasteiger partial charge in [-0.3, -0.25) is 4.79 Å². The predicted octanol–water partition coefficient (Wildman–Crippen LogP) is 2.74. The van der Waals surface area contributed by atoms with E-state index in [4.69, 9.17) is 22.1 Å². The monoisotopic (exact) mass is 322 g/mol. The Bertz CT molecular complexity index is 506. The first kappa shape index (κ1) is 15.6. The normalized spacial score (nSPS) is 30.6. The summed E-state index contributed by atoms with van der Waals surface area (Å²) in [5.74, 6) is 1.67. The van der Waals surface area contributed by atoms with Crippen molar-refractivity contribution in [1.29, 1.82) is 0 Å². The fraction of sp³-hybridized carbons (Fsp3) is 0.588. The first-order valence-corrected chi connectivity index (χ1v) is 8.43. The van der Waals surface area contributed by atoms with E-state index in [-0.39, 0.29) is 18.6 Å². The number of hydrogen-bond donors (Lipinski definition) is 2. The van der Waals surface area contributed by atoms with Gasteiger partial charge in [0.05, 0.1) is 0 Å². The molecular weight excluding hydrogens is 300 g/mol. The van der Waals surface area contributed by atoms with Crippen molar-refractivity contribution in [3.05, 3.63) is 29.3 Å². The van der Waals surface area contributed by atoms with Crippen LogP contribution in [0, 0.1) is 11.8 Å². The third-order valence-electron chi connectivity index (χ3n) is 4.89. The lowest BCUT2D eigenvalue weighted by Gasteiger charge is -2.45. The largest absolute Gasteiger partial charge is 0.484 e. The average molecular weight is 323 g/mol. The Balaban J connectivity index is 1.52. The number of amides is 1. The molecule has 3 N–H and O–H groups in total. The Morgan fingerprint density at radius 2 is 1.86 bits per heavy atom. The Labute approximate surface area is 136 Å². The van der Waals surface area contributed by atoms with E-state index in [1.54, 1.807) is 24.3 Å². The molecule has 120 valence electrons. The number of carbonyl (C=O) groups excluding carboxylic acids is 1. The molecule has 4 nitrogen and oxygen atoms in total. The van der Waals surface area contributed by atoms with Gasteiger partial charge in [0.15, 0.2) is 6.61 Å². The van der Waals surface area contributed by atoms with E-state index >= 15 is 0 Å². The molecule has 2 unspecified atom stereocenters. The van der Waals surface area contributed by atoms with Crippen LogP contribution in [-0.4, -0.2) is 24.6 Å². The molecule has 1 aromatic rings. The zero-order valence-corrected chi connectivity index (χ0v) is 13.4. The second kappa shape index (κ2) is 6.88. The van der Waals surface area contributed by atoms with Gasteiger partial charge in [0, 0.05) is 17.1 Å². The molecule has 1 amide bonds. The molecule has 2 saturated carbocycles. The lowest BCUT2D eigenvalue weighted by Crippen LogP contribution is -2.54. The van der Waals surface area contributed by atoms with E-state index < -0.39 is 0 Å². The van der Waals surface area contributed by atoms with Crippen molar-refractivity contribution >= 4 is 17.5 Å². The summed E-state index contributed by atoms with van der Waals surface area (Å²) in [6.45, 7) is 0.0453. The number of rotatable bonds is 4. The lowest BCUT2D eigenvalue weighted by atomic mass is 9.67. The Morgan fingerprint density at radius 3 is 2.50 bits per heavy atom. The fourth-order valence-electron chi connectivity index (χ4n) is 3.93. The minimum absolute atomic E-state index is 0.0453. The van der Waals surface area contributed by atoms with Gasteiger partial charge in [0.1, 0.15) is 5.75 Å². The van der Waals surface area contributed by atoms with Crippen LogP contribution in [-0.2, 0) is 4.79 Å². The third kappa shape index (κ3) is 3.73. The Kier molecular flexibility index (Phi) is 4.89. The molecule has 1 aromatic carbocycles. The molecule has 0 aliphatic heterocycles. The minimum atomic E-state index is -0.0488. The summed E-state index contributed by atoms with van der Waals surface area (Å²) < 4.78 is 5.51. The molecule has 2 atom stereocenters. The van der Waals surface area contributed by atoms with Crippen molar-refractivity contribution < 1.29 is 9.53 Å². The summed E-state index contributed by atoms with van der Waals surface area (Å²) in [6.07, 6.45) is 5.66. The first-order valence-electron chi connectivity index (χ1n) is 8.05. The molecule has 0 radical (unpaired) electrons. The highest BCUT2D eigenvalue weighted by Crippen LogP contribution is 2.39. The maximum Gasteiger partial charge on any atom is 0.258 e. The van der Waals surface area contributed by atoms with E-state index in [9.17, 15) is 4.79 Å². The number of nitrogens with one attached hydrogen (secondary N) is 1. The van der Waals surface area contributed by atoms with E-state index in [0.717, 1.165) is 12.8 Å². The van der Waals surface area contributed by atoms with Crippen molar-refractivity contribution in [3.8, 4) is 5.75 Å². The smallest absolute Gasteiger partial charge is 0.258 e. The quantitative estimate of drug-likeness (QED) is 0.896. The second-order valence-electron chi connectivity index (χ2n) is 6.52. The molecule has 2 bridgehead atoms. The summed E-state index contributed by atoms with van der Waals surface area (Å²) in [5.41, 5.74) is 6.12. The van der Waals surface area contributed by atoms with Crippen molar-refractivity contribution in [1.82, 2.24) is 5.32 Å². The van der Waals surface area contributed by atoms with Crippen LogP contribution in [0.3, 0.4) is 0 Å². The maximum absolute atomic E-state index is 12.2. The molecule has 0 saturated heterocycles. The summed E-state index contributed by atoms with van der Waals surface area (Å²) in [6, 6.07) is 7.61. The summed E-state index contributed by atoms with van der Waals surface area (Å²) in [7, 11) is 0. The van der Waals surface area contributed by atoms with Gasteiger partial charge >= 0.3 is 0 Å². The molecule has 0 spiro atoms. The molecule has 2 aliphatic carbocycles. The van der Waals surface area contributed by atoms with Crippen LogP contribution in [0.2, 0.25) is 5.02 Å². The van der Waals surface area contributed by atoms with E-state index in [0.29, 0.717) is 28.6 Å². The van der Waals surface area contributed by atoms with E-state index in [2.05, 4.69) is 5.32 Å². The molecule has 2 fully saturated rings. The number of carbonyl (C=O) groups is 1.